The van der Waals surface area contributed by atoms with Crippen LogP contribution in [0.15, 0.2) is 262 Å². The molecule has 0 aliphatic rings. The molecule has 7 nitrogen and oxygen atoms in total. The van der Waals surface area contributed by atoms with Gasteiger partial charge in [-0.1, -0.05) is 0 Å². The number of rotatable bonds is 21. The van der Waals surface area contributed by atoms with Crippen molar-refractivity contribution in [3.05, 3.63) is 268 Å². The van der Waals surface area contributed by atoms with Crippen LogP contribution in [-0.2, 0) is 48.9 Å². The van der Waals surface area contributed by atoms with Gasteiger partial charge in [0.2, 0.25) is 0 Å². The number of hydrogen-bond donors (Lipinski definition) is 0. The van der Waals surface area contributed by atoms with E-state index < -0.39 is 51.0 Å². The Hall–Kier alpha value is -7.00. The van der Waals surface area contributed by atoms with Gasteiger partial charge in [0.05, 0.1) is 0 Å². The van der Waals surface area contributed by atoms with Crippen molar-refractivity contribution in [3.63, 3.8) is 0 Å². The zero-order chi connectivity index (χ0) is 56.3. The van der Waals surface area contributed by atoms with Gasteiger partial charge in [0.15, 0.2) is 0 Å². The second-order valence-corrected chi connectivity index (χ2v) is 33.6. The van der Waals surface area contributed by atoms with Crippen molar-refractivity contribution in [2.24, 2.45) is 0 Å². The molecule has 0 aliphatic heterocycles. The van der Waals surface area contributed by atoms with Crippen LogP contribution in [0, 0.1) is 34.0 Å². The van der Waals surface area contributed by atoms with Crippen LogP contribution in [0.1, 0.15) is 91.6 Å². The predicted molar refractivity (Wildman–Crippen MR) is 325 cm³/mol. The van der Waals surface area contributed by atoms with E-state index in [1.54, 1.807) is 36.4 Å². The second-order valence-electron chi connectivity index (χ2n) is 19.2. The minimum atomic E-state index is -6.94. The molecule has 0 heterocycles. The molecule has 0 fully saturated rings. The molecule has 0 spiro atoms. The second kappa shape index (κ2) is 25.6. The van der Waals surface area contributed by atoms with Gasteiger partial charge < -0.3 is 0 Å². The molecule has 80 heavy (non-hydrogen) atoms. The Morgan fingerprint density at radius 1 is 0.275 bits per heavy atom. The Kier molecular flexibility index (Phi) is 18.5. The Labute approximate surface area is 484 Å². The molecule has 0 saturated heterocycles. The summed E-state index contributed by atoms with van der Waals surface area (Å²) in [6, 6.07) is 79.3. The van der Waals surface area contributed by atoms with Gasteiger partial charge in [0.25, 0.3) is 0 Å². The summed E-state index contributed by atoms with van der Waals surface area (Å²) in [6.07, 6.45) is 4.73. The molecule has 0 radical (unpaired) electrons. The molecule has 0 saturated carbocycles. The summed E-state index contributed by atoms with van der Waals surface area (Å²) < 4.78 is 43.6. The molecule has 0 N–H and O–H groups in total. The number of aryl methyl sites for hydroxylation is 6. The standard InChI is InChI=1S/3C23H23NOS.O.Sb/c3*1-3-18-5-11-21(12-6-18)26(25,22-13-7-19(4-2)8-14-22)23-15-9-20(17-24)10-16-23;;/h3*5-16,25H,3-4H2,1-2H3;;/q;;;;+3/p-3. The Morgan fingerprint density at radius 3 is 0.537 bits per heavy atom. The molecule has 0 amide bonds. The number of hydrogen-bond acceptors (Lipinski definition) is 7. The molecule has 404 valence electrons. The van der Waals surface area contributed by atoms with E-state index in [1.807, 2.05) is 36.4 Å². The fraction of sp³-hybridized carbons (Fsp3) is 0.174. The quantitative estimate of drug-likeness (QED) is 0.0658. The van der Waals surface area contributed by atoms with Crippen LogP contribution < -0.4 is 0 Å². The number of nitriles is 3. The van der Waals surface area contributed by atoms with E-state index in [-0.39, 0.29) is 0 Å². The first kappa shape index (κ1) is 57.7. The maximum absolute atomic E-state index is 18.9. The van der Waals surface area contributed by atoms with E-state index in [0.29, 0.717) is 31.4 Å². The molecule has 0 atom stereocenters. The van der Waals surface area contributed by atoms with Crippen LogP contribution in [0.2, 0.25) is 0 Å². The Bertz CT molecular complexity index is 3180. The summed E-state index contributed by atoms with van der Waals surface area (Å²) in [5.74, 6) is 0. The first-order valence-corrected chi connectivity index (χ1v) is 36.1. The molecule has 0 bridgehead atoms. The van der Waals surface area contributed by atoms with E-state index >= 15 is 3.02 Å². The van der Waals surface area contributed by atoms with E-state index in [0.717, 1.165) is 101 Å². The summed E-state index contributed by atoms with van der Waals surface area (Å²) in [5.41, 5.74) is 8.02. The van der Waals surface area contributed by atoms with Crippen LogP contribution in [0.3, 0.4) is 0 Å². The average Bonchev–Trinajstić information content (AvgIpc) is 3.65. The van der Waals surface area contributed by atoms with Gasteiger partial charge in [-0.3, -0.25) is 0 Å². The van der Waals surface area contributed by atoms with Crippen LogP contribution in [-0.4, -0.2) is 20.1 Å². The van der Waals surface area contributed by atoms with E-state index in [2.05, 4.69) is 205 Å². The van der Waals surface area contributed by atoms with E-state index in [4.69, 9.17) is 7.38 Å². The van der Waals surface area contributed by atoms with Crippen molar-refractivity contribution in [1.29, 1.82) is 15.8 Å². The zero-order valence-electron chi connectivity index (χ0n) is 46.2. The van der Waals surface area contributed by atoms with Crippen molar-refractivity contribution in [3.8, 4) is 18.2 Å². The third-order valence-electron chi connectivity index (χ3n) is 14.5. The molecule has 9 aromatic carbocycles. The predicted octanol–water partition coefficient (Wildman–Crippen LogP) is 18.6. The van der Waals surface area contributed by atoms with Gasteiger partial charge >= 0.3 is 488 Å². The third-order valence-corrected chi connectivity index (χ3v) is 34.6. The normalized spacial score (nSPS) is 12.4. The third kappa shape index (κ3) is 11.6. The molecule has 0 aliphatic carbocycles. The van der Waals surface area contributed by atoms with Gasteiger partial charge in [0.1, 0.15) is 0 Å². The zero-order valence-corrected chi connectivity index (χ0v) is 51.2. The first-order valence-electron chi connectivity index (χ1n) is 27.2. The van der Waals surface area contributed by atoms with Crippen molar-refractivity contribution < 1.29 is 10.4 Å². The summed E-state index contributed by atoms with van der Waals surface area (Å²) >= 11 is -6.94. The van der Waals surface area contributed by atoms with E-state index in [1.165, 1.54) is 0 Å². The van der Waals surface area contributed by atoms with Gasteiger partial charge in [-0.2, -0.15) is 0 Å². The van der Waals surface area contributed by atoms with Crippen molar-refractivity contribution in [2.45, 2.75) is 124 Å². The van der Waals surface area contributed by atoms with Crippen LogP contribution in [0.25, 0.3) is 0 Å². The summed E-state index contributed by atoms with van der Waals surface area (Å²) in [7, 11) is -9.63. The van der Waals surface area contributed by atoms with Gasteiger partial charge in [0, 0.05) is 0 Å². The average molecular weight is 1220 g/mol. The van der Waals surface area contributed by atoms with Crippen LogP contribution in [0.5, 0.6) is 0 Å². The molecular weight excluding hydrogens is 1150 g/mol. The van der Waals surface area contributed by atoms with Gasteiger partial charge in [-0.05, 0) is 0 Å². The van der Waals surface area contributed by atoms with Crippen LogP contribution >= 0.6 is 30.9 Å². The van der Waals surface area contributed by atoms with Crippen molar-refractivity contribution in [1.82, 2.24) is 0 Å². The maximum atomic E-state index is 18.9. The summed E-state index contributed by atoms with van der Waals surface area (Å²) in [5, 5.41) is 30.9. The summed E-state index contributed by atoms with van der Waals surface area (Å²) in [4.78, 5) is 6.56. The fourth-order valence-electron chi connectivity index (χ4n) is 9.72. The molecule has 0 unspecified atom stereocenters. The minimum absolute atomic E-state index is 0.457. The van der Waals surface area contributed by atoms with E-state index in [9.17, 15) is 15.8 Å². The van der Waals surface area contributed by atoms with Gasteiger partial charge in [-0.15, -0.1) is 0 Å². The number of benzene rings is 9. The van der Waals surface area contributed by atoms with Crippen molar-refractivity contribution >= 4 is 51.0 Å². The monoisotopic (exact) mass is 1220 g/mol. The van der Waals surface area contributed by atoms with Gasteiger partial charge in [-0.25, -0.2) is 0 Å². The topological polar surface area (TPSA) is 116 Å². The first-order chi connectivity index (χ1) is 39.0. The summed E-state index contributed by atoms with van der Waals surface area (Å²) in [6.45, 7) is 12.7. The molecular formula is C69H66N3O4S3Sb. The van der Waals surface area contributed by atoms with Crippen LogP contribution in [0.4, 0.5) is 0 Å². The fourth-order valence-corrected chi connectivity index (χ4v) is 34.3. The SMILES string of the molecule is CCc1ccc(S([O][Sb](=[O])([O]S(c2ccc(C#N)cc2)(c2ccc(CC)cc2)c2ccc(CC)cc2)[O]S(c2ccc(C#N)cc2)(c2ccc(CC)cc2)c2ccc(CC)cc2)(c2ccc(C#N)cc2)c2ccc(CC)cc2)cc1. The van der Waals surface area contributed by atoms with Crippen molar-refractivity contribution in [2.75, 3.05) is 0 Å². The number of nitrogens with zero attached hydrogens (tertiary/aromatic N) is 3. The Morgan fingerprint density at radius 2 is 0.412 bits per heavy atom. The molecule has 11 heteroatoms. The molecule has 0 aromatic heterocycles. The molecule has 9 aromatic rings. The Balaban J connectivity index is 1.49. The molecule has 9 rings (SSSR count).